The lowest BCUT2D eigenvalue weighted by atomic mass is 10.4. The van der Waals surface area contributed by atoms with Gasteiger partial charge in [0.15, 0.2) is 11.2 Å². The van der Waals surface area contributed by atoms with E-state index in [1.54, 1.807) is 18.5 Å². The lowest BCUT2D eigenvalue weighted by Gasteiger charge is -2.06. The van der Waals surface area contributed by atoms with Crippen molar-refractivity contribution < 1.29 is 0 Å². The molecule has 92 valence electrons. The molecule has 2 N–H and O–H groups in total. The molecule has 0 radical (unpaired) electrons. The topological polar surface area (TPSA) is 87.8 Å². The summed E-state index contributed by atoms with van der Waals surface area (Å²) in [4.78, 5) is 28.0. The molecule has 17 heavy (non-hydrogen) atoms. The molecule has 0 aliphatic heterocycles. The van der Waals surface area contributed by atoms with Crippen LogP contribution in [0.4, 0.5) is 0 Å². The Morgan fingerprint density at radius 3 is 2.47 bits per heavy atom. The van der Waals surface area contributed by atoms with Crippen LogP contribution < -0.4 is 17.0 Å². The largest absolute Gasteiger partial charge is 0.332 e. The van der Waals surface area contributed by atoms with Crippen molar-refractivity contribution in [3.8, 4) is 0 Å². The Morgan fingerprint density at radius 1 is 1.24 bits per heavy atom. The minimum atomic E-state index is -0.375. The zero-order valence-electron chi connectivity index (χ0n) is 10.1. The molecule has 0 aliphatic carbocycles. The molecule has 0 saturated heterocycles. The molecule has 0 fully saturated rings. The second-order valence-corrected chi connectivity index (χ2v) is 3.98. The van der Waals surface area contributed by atoms with E-state index in [0.717, 1.165) is 4.57 Å². The molecule has 0 aliphatic rings. The Balaban J connectivity index is 3.02. The van der Waals surface area contributed by atoms with Gasteiger partial charge in [0, 0.05) is 27.2 Å². The Hall–Kier alpha value is -1.89. The molecule has 0 saturated carbocycles. The monoisotopic (exact) mass is 237 g/mol. The summed E-state index contributed by atoms with van der Waals surface area (Å²) in [5, 5.41) is 0. The molecule has 7 heteroatoms. The molecular weight excluding hydrogens is 222 g/mol. The molecular formula is C10H15N5O2. The first-order valence-corrected chi connectivity index (χ1v) is 5.32. The van der Waals surface area contributed by atoms with E-state index in [2.05, 4.69) is 4.98 Å². The van der Waals surface area contributed by atoms with Crippen LogP contribution in [0.1, 0.15) is 5.82 Å². The average molecular weight is 237 g/mol. The maximum atomic E-state index is 12.1. The van der Waals surface area contributed by atoms with E-state index in [1.165, 1.54) is 11.6 Å². The first-order chi connectivity index (χ1) is 7.99. The number of hydrogen-bond acceptors (Lipinski definition) is 4. The molecule has 2 rings (SSSR count). The summed E-state index contributed by atoms with van der Waals surface area (Å²) in [5.74, 6) is 0.684. The van der Waals surface area contributed by atoms with Crippen molar-refractivity contribution in [3.05, 3.63) is 26.7 Å². The number of rotatable bonds is 2. The van der Waals surface area contributed by atoms with E-state index in [4.69, 9.17) is 5.73 Å². The van der Waals surface area contributed by atoms with Gasteiger partial charge in [-0.1, -0.05) is 0 Å². The fourth-order valence-electron chi connectivity index (χ4n) is 1.96. The zero-order valence-corrected chi connectivity index (χ0v) is 10.1. The van der Waals surface area contributed by atoms with Crippen LogP contribution >= 0.6 is 0 Å². The Kier molecular flexibility index (Phi) is 2.62. The van der Waals surface area contributed by atoms with Crippen LogP contribution in [0, 0.1) is 6.92 Å². The normalized spacial score (nSPS) is 11.3. The van der Waals surface area contributed by atoms with E-state index in [0.29, 0.717) is 30.1 Å². The van der Waals surface area contributed by atoms with Gasteiger partial charge in [0.25, 0.3) is 5.56 Å². The third kappa shape index (κ3) is 1.50. The van der Waals surface area contributed by atoms with Crippen molar-refractivity contribution in [2.24, 2.45) is 19.8 Å². The number of hydrogen-bond donors (Lipinski definition) is 1. The zero-order chi connectivity index (χ0) is 12.7. The fourth-order valence-corrected chi connectivity index (χ4v) is 1.96. The quantitative estimate of drug-likeness (QED) is 0.703. The van der Waals surface area contributed by atoms with Crippen molar-refractivity contribution in [2.75, 3.05) is 6.54 Å². The van der Waals surface area contributed by atoms with Crippen LogP contribution in [0.3, 0.4) is 0 Å². The van der Waals surface area contributed by atoms with Crippen LogP contribution in [0.5, 0.6) is 0 Å². The molecule has 0 amide bonds. The molecule has 2 heterocycles. The summed E-state index contributed by atoms with van der Waals surface area (Å²) >= 11 is 0. The number of nitrogens with zero attached hydrogens (tertiary/aromatic N) is 4. The standard InChI is InChI=1S/C10H15N5O2/c1-6-12-8-7(15(6)5-4-11)9(16)14(3)10(17)13(8)2/h4-5,11H2,1-3H3. The van der Waals surface area contributed by atoms with Crippen LogP contribution in [0.25, 0.3) is 11.2 Å². The van der Waals surface area contributed by atoms with Gasteiger partial charge in [-0.3, -0.25) is 13.9 Å². The summed E-state index contributed by atoms with van der Waals surface area (Å²) in [6.07, 6.45) is 0. The number of nitrogens with two attached hydrogens (primary N) is 1. The summed E-state index contributed by atoms with van der Waals surface area (Å²) in [7, 11) is 3.06. The molecule has 2 aromatic rings. The van der Waals surface area contributed by atoms with Gasteiger partial charge in [-0.15, -0.1) is 0 Å². The van der Waals surface area contributed by atoms with Gasteiger partial charge in [-0.25, -0.2) is 9.78 Å². The lowest BCUT2D eigenvalue weighted by Crippen LogP contribution is -2.37. The highest BCUT2D eigenvalue weighted by Gasteiger charge is 2.16. The second-order valence-electron chi connectivity index (χ2n) is 3.98. The van der Waals surface area contributed by atoms with Crippen LogP contribution in [-0.4, -0.2) is 25.2 Å². The summed E-state index contributed by atoms with van der Waals surface area (Å²) in [6, 6.07) is 0. The minimum absolute atomic E-state index is 0.336. The third-order valence-corrected chi connectivity index (χ3v) is 2.89. The Morgan fingerprint density at radius 2 is 1.88 bits per heavy atom. The SMILES string of the molecule is Cc1nc2c(c(=O)n(C)c(=O)n2C)n1CCN. The van der Waals surface area contributed by atoms with Gasteiger partial charge >= 0.3 is 5.69 Å². The predicted octanol–water partition coefficient (Wildman–Crippen LogP) is -1.30. The van der Waals surface area contributed by atoms with Gasteiger partial charge in [0.1, 0.15) is 5.82 Å². The molecule has 7 nitrogen and oxygen atoms in total. The lowest BCUT2D eigenvalue weighted by molar-refractivity contribution is 0.682. The Bertz CT molecular complexity index is 691. The number of aryl methyl sites for hydroxylation is 2. The molecule has 0 unspecified atom stereocenters. The minimum Gasteiger partial charge on any atom is -0.329 e. The maximum absolute atomic E-state index is 12.1. The van der Waals surface area contributed by atoms with E-state index >= 15 is 0 Å². The van der Waals surface area contributed by atoms with Gasteiger partial charge in [0.2, 0.25) is 0 Å². The van der Waals surface area contributed by atoms with E-state index in [-0.39, 0.29) is 11.2 Å². The van der Waals surface area contributed by atoms with Crippen molar-refractivity contribution in [1.82, 2.24) is 18.7 Å². The van der Waals surface area contributed by atoms with Crippen molar-refractivity contribution >= 4 is 11.2 Å². The third-order valence-electron chi connectivity index (χ3n) is 2.89. The maximum Gasteiger partial charge on any atom is 0.332 e. The number of fused-ring (bicyclic) bond motifs is 1. The number of imidazole rings is 1. The van der Waals surface area contributed by atoms with Crippen molar-refractivity contribution in [3.63, 3.8) is 0 Å². The molecule has 0 atom stereocenters. The van der Waals surface area contributed by atoms with Gasteiger partial charge in [-0.05, 0) is 6.92 Å². The van der Waals surface area contributed by atoms with E-state index in [9.17, 15) is 9.59 Å². The summed E-state index contributed by atoms with van der Waals surface area (Å²) in [6.45, 7) is 2.72. The van der Waals surface area contributed by atoms with Crippen molar-refractivity contribution in [2.45, 2.75) is 13.5 Å². The molecule has 0 spiro atoms. The fraction of sp³-hybridized carbons (Fsp3) is 0.500. The molecule has 0 bridgehead atoms. The molecule has 0 aromatic carbocycles. The van der Waals surface area contributed by atoms with E-state index < -0.39 is 0 Å². The van der Waals surface area contributed by atoms with Crippen LogP contribution in [0.15, 0.2) is 9.59 Å². The highest BCUT2D eigenvalue weighted by Crippen LogP contribution is 2.09. The summed E-state index contributed by atoms with van der Waals surface area (Å²) in [5.41, 5.74) is 5.63. The van der Waals surface area contributed by atoms with Gasteiger partial charge in [0.05, 0.1) is 0 Å². The first kappa shape index (κ1) is 11.6. The van der Waals surface area contributed by atoms with Crippen molar-refractivity contribution in [1.29, 1.82) is 0 Å². The average Bonchev–Trinajstić information content (AvgIpc) is 2.62. The van der Waals surface area contributed by atoms with Crippen LogP contribution in [-0.2, 0) is 20.6 Å². The van der Waals surface area contributed by atoms with Crippen LogP contribution in [0.2, 0.25) is 0 Å². The highest BCUT2D eigenvalue weighted by atomic mass is 16.2. The smallest absolute Gasteiger partial charge is 0.329 e. The summed E-state index contributed by atoms with van der Waals surface area (Å²) < 4.78 is 4.20. The van der Waals surface area contributed by atoms with Gasteiger partial charge < -0.3 is 10.3 Å². The highest BCUT2D eigenvalue weighted by molar-refractivity contribution is 5.70. The Labute approximate surface area is 97.1 Å². The number of aromatic nitrogens is 4. The van der Waals surface area contributed by atoms with Gasteiger partial charge in [-0.2, -0.15) is 0 Å². The van der Waals surface area contributed by atoms with E-state index in [1.807, 2.05) is 0 Å². The second kappa shape index (κ2) is 3.85. The predicted molar refractivity (Wildman–Crippen MR) is 64.0 cm³/mol. The molecule has 2 aromatic heterocycles. The first-order valence-electron chi connectivity index (χ1n) is 5.32.